The molecule has 0 bridgehead atoms. The molecule has 0 heterocycles. The van der Waals surface area contributed by atoms with Gasteiger partial charge >= 0.3 is 0 Å². The van der Waals surface area contributed by atoms with E-state index in [0.717, 1.165) is 0 Å². The van der Waals surface area contributed by atoms with Crippen LogP contribution in [0.5, 0.6) is 0 Å². The van der Waals surface area contributed by atoms with Crippen LogP contribution in [-0.2, 0) is 13.0 Å². The second-order valence-corrected chi connectivity index (χ2v) is 7.89. The molecule has 26 heavy (non-hydrogen) atoms. The van der Waals surface area contributed by atoms with E-state index in [9.17, 15) is 0 Å². The van der Waals surface area contributed by atoms with E-state index in [1.54, 1.807) is 5.56 Å². The van der Waals surface area contributed by atoms with Gasteiger partial charge in [0.2, 0.25) is 0 Å². The molecule has 0 aliphatic rings. The van der Waals surface area contributed by atoms with Gasteiger partial charge in [-0.05, 0) is 59.7 Å². The van der Waals surface area contributed by atoms with Gasteiger partial charge in [-0.2, -0.15) is 0 Å². The van der Waals surface area contributed by atoms with Crippen molar-refractivity contribution in [3.05, 3.63) is 46.5 Å². The number of benzene rings is 2. The summed E-state index contributed by atoms with van der Waals surface area (Å²) in [5.74, 6) is 0. The number of aryl methyl sites for hydroxylation is 1. The van der Waals surface area contributed by atoms with Gasteiger partial charge in [-0.15, -0.1) is 0 Å². The highest BCUT2D eigenvalue weighted by atomic mass is 14.5. The van der Waals surface area contributed by atoms with Crippen LogP contribution in [0.15, 0.2) is 24.3 Å². The third-order valence-corrected chi connectivity index (χ3v) is 6.03. The van der Waals surface area contributed by atoms with Gasteiger partial charge in [0, 0.05) is 6.54 Å². The summed E-state index contributed by atoms with van der Waals surface area (Å²) in [4.78, 5) is 0. The molecule has 0 saturated carbocycles. The molecule has 1 heteroatoms. The van der Waals surface area contributed by atoms with Crippen molar-refractivity contribution in [3.8, 4) is 0 Å². The SMILES string of the molecule is CCCCCCCCCCCCc1c(C)c(C)c(CN)c2ccccc12. The summed E-state index contributed by atoms with van der Waals surface area (Å²) in [5.41, 5.74) is 11.8. The Morgan fingerprint density at radius 2 is 1.12 bits per heavy atom. The highest BCUT2D eigenvalue weighted by molar-refractivity contribution is 5.91. The van der Waals surface area contributed by atoms with Gasteiger partial charge in [-0.3, -0.25) is 0 Å². The highest BCUT2D eigenvalue weighted by Crippen LogP contribution is 2.31. The normalized spacial score (nSPS) is 11.4. The van der Waals surface area contributed by atoms with Gasteiger partial charge < -0.3 is 5.73 Å². The molecule has 0 aliphatic carbocycles. The molecule has 0 radical (unpaired) electrons. The number of fused-ring (bicyclic) bond motifs is 1. The van der Waals surface area contributed by atoms with Gasteiger partial charge in [0.1, 0.15) is 0 Å². The molecule has 0 unspecified atom stereocenters. The van der Waals surface area contributed by atoms with E-state index in [1.165, 1.54) is 98.1 Å². The lowest BCUT2D eigenvalue weighted by Crippen LogP contribution is -2.05. The molecular formula is C25H39N. The maximum atomic E-state index is 6.04. The lowest BCUT2D eigenvalue weighted by atomic mass is 9.88. The zero-order valence-corrected chi connectivity index (χ0v) is 17.4. The quantitative estimate of drug-likeness (QED) is 0.396. The van der Waals surface area contributed by atoms with Gasteiger partial charge in [0.15, 0.2) is 0 Å². The van der Waals surface area contributed by atoms with Crippen LogP contribution < -0.4 is 5.73 Å². The predicted octanol–water partition coefficient (Wildman–Crippen LogP) is 7.38. The summed E-state index contributed by atoms with van der Waals surface area (Å²) >= 11 is 0. The van der Waals surface area contributed by atoms with Crippen molar-refractivity contribution >= 4 is 10.8 Å². The Morgan fingerprint density at radius 1 is 0.654 bits per heavy atom. The van der Waals surface area contributed by atoms with Crippen LogP contribution in [0.4, 0.5) is 0 Å². The molecule has 0 aromatic heterocycles. The zero-order valence-electron chi connectivity index (χ0n) is 17.4. The fraction of sp³-hybridized carbons (Fsp3) is 0.600. The van der Waals surface area contributed by atoms with Gasteiger partial charge in [0.25, 0.3) is 0 Å². The Kier molecular flexibility index (Phi) is 9.18. The first-order chi connectivity index (χ1) is 12.7. The van der Waals surface area contributed by atoms with Crippen LogP contribution in [0.2, 0.25) is 0 Å². The van der Waals surface area contributed by atoms with E-state index in [0.29, 0.717) is 6.54 Å². The minimum atomic E-state index is 0.631. The number of rotatable bonds is 12. The lowest BCUT2D eigenvalue weighted by molar-refractivity contribution is 0.556. The predicted molar refractivity (Wildman–Crippen MR) is 117 cm³/mol. The Hall–Kier alpha value is -1.34. The molecule has 0 spiro atoms. The average molecular weight is 354 g/mol. The van der Waals surface area contributed by atoms with E-state index in [4.69, 9.17) is 5.73 Å². The maximum Gasteiger partial charge on any atom is 0.0187 e. The second kappa shape index (κ2) is 11.4. The van der Waals surface area contributed by atoms with Crippen LogP contribution in [0, 0.1) is 13.8 Å². The third-order valence-electron chi connectivity index (χ3n) is 6.03. The first-order valence-corrected chi connectivity index (χ1v) is 10.9. The summed E-state index contributed by atoms with van der Waals surface area (Å²) in [6.07, 6.45) is 15.2. The Balaban J connectivity index is 1.85. The van der Waals surface area contributed by atoms with Gasteiger partial charge in [0.05, 0.1) is 0 Å². The molecule has 0 saturated heterocycles. The van der Waals surface area contributed by atoms with Crippen LogP contribution in [-0.4, -0.2) is 0 Å². The van der Waals surface area contributed by atoms with E-state index in [2.05, 4.69) is 45.0 Å². The lowest BCUT2D eigenvalue weighted by Gasteiger charge is -2.18. The van der Waals surface area contributed by atoms with Crippen LogP contribution >= 0.6 is 0 Å². The Bertz CT molecular complexity index is 671. The summed E-state index contributed by atoms with van der Waals surface area (Å²) in [5, 5.41) is 2.78. The molecule has 2 aromatic rings. The summed E-state index contributed by atoms with van der Waals surface area (Å²) in [6, 6.07) is 8.83. The molecular weight excluding hydrogens is 314 g/mol. The molecule has 2 aromatic carbocycles. The van der Waals surface area contributed by atoms with Crippen LogP contribution in [0.25, 0.3) is 10.8 Å². The third kappa shape index (κ3) is 5.58. The number of hydrogen-bond acceptors (Lipinski definition) is 1. The maximum absolute atomic E-state index is 6.04. The van der Waals surface area contributed by atoms with Crippen LogP contribution in [0.3, 0.4) is 0 Å². The topological polar surface area (TPSA) is 26.0 Å². The molecule has 2 rings (SSSR count). The summed E-state index contributed by atoms with van der Waals surface area (Å²) in [6.45, 7) is 7.44. The van der Waals surface area contributed by atoms with E-state index < -0.39 is 0 Å². The molecule has 0 amide bonds. The minimum absolute atomic E-state index is 0.631. The first-order valence-electron chi connectivity index (χ1n) is 10.9. The monoisotopic (exact) mass is 353 g/mol. The molecule has 0 fully saturated rings. The van der Waals surface area contributed by atoms with Crippen molar-refractivity contribution < 1.29 is 0 Å². The van der Waals surface area contributed by atoms with Crippen LogP contribution in [0.1, 0.15) is 93.4 Å². The molecule has 0 atom stereocenters. The van der Waals surface area contributed by atoms with Crippen molar-refractivity contribution in [1.82, 2.24) is 0 Å². The number of unbranched alkanes of at least 4 members (excludes halogenated alkanes) is 9. The van der Waals surface area contributed by atoms with Gasteiger partial charge in [-0.1, -0.05) is 89.0 Å². The van der Waals surface area contributed by atoms with E-state index >= 15 is 0 Å². The smallest absolute Gasteiger partial charge is 0.0187 e. The molecule has 2 N–H and O–H groups in total. The van der Waals surface area contributed by atoms with E-state index in [-0.39, 0.29) is 0 Å². The minimum Gasteiger partial charge on any atom is -0.326 e. The van der Waals surface area contributed by atoms with Gasteiger partial charge in [-0.25, -0.2) is 0 Å². The molecule has 144 valence electrons. The fourth-order valence-corrected chi connectivity index (χ4v) is 4.24. The first kappa shape index (κ1) is 21.0. The molecule has 0 aliphatic heterocycles. The fourth-order valence-electron chi connectivity index (χ4n) is 4.24. The van der Waals surface area contributed by atoms with Crippen molar-refractivity contribution in [2.45, 2.75) is 97.9 Å². The Morgan fingerprint density at radius 3 is 1.65 bits per heavy atom. The zero-order chi connectivity index (χ0) is 18.8. The summed E-state index contributed by atoms with van der Waals surface area (Å²) in [7, 11) is 0. The number of hydrogen-bond donors (Lipinski definition) is 1. The number of nitrogens with two attached hydrogens (primary N) is 1. The van der Waals surface area contributed by atoms with Crippen molar-refractivity contribution in [2.75, 3.05) is 0 Å². The van der Waals surface area contributed by atoms with Crippen molar-refractivity contribution in [2.24, 2.45) is 5.73 Å². The van der Waals surface area contributed by atoms with Crippen molar-refractivity contribution in [1.29, 1.82) is 0 Å². The van der Waals surface area contributed by atoms with Crippen molar-refractivity contribution in [3.63, 3.8) is 0 Å². The highest BCUT2D eigenvalue weighted by Gasteiger charge is 2.12. The second-order valence-electron chi connectivity index (χ2n) is 7.89. The molecule has 1 nitrogen and oxygen atoms in total. The largest absolute Gasteiger partial charge is 0.326 e. The van der Waals surface area contributed by atoms with E-state index in [1.807, 2.05) is 0 Å². The standard InChI is InChI=1S/C25H39N/c1-4-5-6-7-8-9-10-11-12-13-16-22-20(2)21(3)25(19-26)24-18-15-14-17-23(22)24/h14-15,17-18H,4-13,16,19,26H2,1-3H3. The summed E-state index contributed by atoms with van der Waals surface area (Å²) < 4.78 is 0. The Labute approximate surface area is 161 Å². The average Bonchev–Trinajstić information content (AvgIpc) is 2.66.